The highest BCUT2D eigenvalue weighted by Gasteiger charge is 2.32. The fourth-order valence-electron chi connectivity index (χ4n) is 3.53. The third-order valence-electron chi connectivity index (χ3n) is 5.65. The lowest BCUT2D eigenvalue weighted by Crippen LogP contribution is -2.58. The average Bonchev–Trinajstić information content (AvgIpc) is 3.40. The Hall–Kier alpha value is -4.99. The number of nitrogens with two attached hydrogens (primary N) is 2. The molecule has 16 heteroatoms. The number of nitrogens with zero attached hydrogens (tertiary/aromatic N) is 1. The van der Waals surface area contributed by atoms with Crippen molar-refractivity contribution in [3.63, 3.8) is 0 Å². The zero-order chi connectivity index (χ0) is 29.8. The molecule has 2 aromatic rings. The van der Waals surface area contributed by atoms with Crippen molar-refractivity contribution >= 4 is 35.6 Å². The number of primary amides is 1. The molecule has 40 heavy (non-hydrogen) atoms. The molecule has 4 amide bonds. The van der Waals surface area contributed by atoms with Gasteiger partial charge in [0.05, 0.1) is 18.8 Å². The Labute approximate surface area is 227 Å². The Morgan fingerprint density at radius 2 is 1.48 bits per heavy atom. The van der Waals surface area contributed by atoms with Crippen LogP contribution in [0.1, 0.15) is 30.5 Å². The summed E-state index contributed by atoms with van der Waals surface area (Å²) in [7, 11) is 0. The van der Waals surface area contributed by atoms with Gasteiger partial charge in [-0.25, -0.2) is 9.78 Å². The van der Waals surface area contributed by atoms with Gasteiger partial charge in [-0.05, 0) is 24.1 Å². The van der Waals surface area contributed by atoms with E-state index in [-0.39, 0.29) is 31.4 Å². The van der Waals surface area contributed by atoms with Crippen molar-refractivity contribution in [2.75, 3.05) is 0 Å². The summed E-state index contributed by atoms with van der Waals surface area (Å²) in [5, 5.41) is 35.2. The molecule has 0 radical (unpaired) electrons. The van der Waals surface area contributed by atoms with Gasteiger partial charge >= 0.3 is 11.9 Å². The van der Waals surface area contributed by atoms with Gasteiger partial charge in [-0.2, -0.15) is 0 Å². The molecule has 0 aliphatic carbocycles. The van der Waals surface area contributed by atoms with Gasteiger partial charge in [0, 0.05) is 31.2 Å². The SMILES string of the molecule is NC(=O)CCC(N)C(=O)NC(CC(=O)O)C(=O)NC(Cc1cnc[nH]1)C(=O)NC(Cc1ccc(O)cc1)C(=O)O. The lowest BCUT2D eigenvalue weighted by molar-refractivity contribution is -0.143. The topological polar surface area (TPSA) is 280 Å². The van der Waals surface area contributed by atoms with E-state index in [0.29, 0.717) is 11.3 Å². The number of nitrogens with one attached hydrogen (secondary N) is 4. The molecule has 0 bridgehead atoms. The Bertz CT molecular complexity index is 1200. The van der Waals surface area contributed by atoms with E-state index in [1.54, 1.807) is 0 Å². The molecular formula is C24H31N7O9. The highest BCUT2D eigenvalue weighted by atomic mass is 16.4. The summed E-state index contributed by atoms with van der Waals surface area (Å²) in [4.78, 5) is 79.4. The number of benzene rings is 1. The minimum Gasteiger partial charge on any atom is -0.508 e. The van der Waals surface area contributed by atoms with E-state index in [1.165, 1.54) is 36.8 Å². The molecule has 11 N–H and O–H groups in total. The van der Waals surface area contributed by atoms with Crippen LogP contribution in [0.2, 0.25) is 0 Å². The monoisotopic (exact) mass is 561 g/mol. The normalized spacial score (nSPS) is 13.7. The Morgan fingerprint density at radius 1 is 0.875 bits per heavy atom. The number of carbonyl (C=O) groups excluding carboxylic acids is 4. The summed E-state index contributed by atoms with van der Waals surface area (Å²) in [5.41, 5.74) is 11.6. The summed E-state index contributed by atoms with van der Waals surface area (Å²) < 4.78 is 0. The first kappa shape index (κ1) is 31.2. The quantitative estimate of drug-likeness (QED) is 0.103. The van der Waals surface area contributed by atoms with E-state index in [1.807, 2.05) is 0 Å². The van der Waals surface area contributed by atoms with Crippen LogP contribution in [-0.2, 0) is 41.6 Å². The fourth-order valence-corrected chi connectivity index (χ4v) is 3.53. The summed E-state index contributed by atoms with van der Waals surface area (Å²) in [6.07, 6.45) is 1.12. The molecular weight excluding hydrogens is 530 g/mol. The number of carbonyl (C=O) groups is 6. The number of H-pyrrole nitrogens is 1. The van der Waals surface area contributed by atoms with Crippen LogP contribution < -0.4 is 27.4 Å². The molecule has 16 nitrogen and oxygen atoms in total. The highest BCUT2D eigenvalue weighted by molar-refractivity contribution is 5.95. The lowest BCUT2D eigenvalue weighted by atomic mass is 10.0. The molecule has 0 saturated carbocycles. The number of hydrogen-bond acceptors (Lipinski definition) is 9. The van der Waals surface area contributed by atoms with E-state index in [2.05, 4.69) is 25.9 Å². The van der Waals surface area contributed by atoms with Crippen molar-refractivity contribution < 1.29 is 44.1 Å². The number of imidazole rings is 1. The fraction of sp³-hybridized carbons (Fsp3) is 0.375. The third kappa shape index (κ3) is 10.4. The maximum Gasteiger partial charge on any atom is 0.326 e. The second kappa shape index (κ2) is 14.8. The van der Waals surface area contributed by atoms with Crippen LogP contribution in [0.15, 0.2) is 36.8 Å². The molecule has 1 heterocycles. The molecule has 4 unspecified atom stereocenters. The maximum absolute atomic E-state index is 13.2. The van der Waals surface area contributed by atoms with E-state index < -0.39 is 66.2 Å². The van der Waals surface area contributed by atoms with Gasteiger partial charge in [0.2, 0.25) is 23.6 Å². The number of phenolic OH excluding ortho intramolecular Hbond substituents is 1. The van der Waals surface area contributed by atoms with Crippen molar-refractivity contribution in [3.8, 4) is 5.75 Å². The summed E-state index contributed by atoms with van der Waals surface area (Å²) in [6.45, 7) is 0. The summed E-state index contributed by atoms with van der Waals surface area (Å²) in [6, 6.07) is -0.0844. The molecule has 0 aliphatic heterocycles. The van der Waals surface area contributed by atoms with Crippen molar-refractivity contribution in [1.29, 1.82) is 0 Å². The number of aromatic hydroxyl groups is 1. The number of phenols is 1. The van der Waals surface area contributed by atoms with Gasteiger partial charge in [0.1, 0.15) is 23.9 Å². The molecule has 0 fully saturated rings. The molecule has 0 saturated heterocycles. The Kier molecular flexibility index (Phi) is 11.6. The first-order valence-corrected chi connectivity index (χ1v) is 12.0. The largest absolute Gasteiger partial charge is 0.508 e. The zero-order valence-corrected chi connectivity index (χ0v) is 21.2. The number of rotatable bonds is 16. The summed E-state index contributed by atoms with van der Waals surface area (Å²) >= 11 is 0. The van der Waals surface area contributed by atoms with Crippen molar-refractivity contribution in [2.24, 2.45) is 11.5 Å². The van der Waals surface area contributed by atoms with Gasteiger partial charge < -0.3 is 47.7 Å². The van der Waals surface area contributed by atoms with Crippen LogP contribution in [0.25, 0.3) is 0 Å². The molecule has 4 atom stereocenters. The Morgan fingerprint density at radius 3 is 2.02 bits per heavy atom. The van der Waals surface area contributed by atoms with Crippen LogP contribution >= 0.6 is 0 Å². The Balaban J connectivity index is 2.20. The van der Waals surface area contributed by atoms with Gasteiger partial charge in [-0.3, -0.25) is 24.0 Å². The van der Waals surface area contributed by atoms with Crippen molar-refractivity contribution in [2.45, 2.75) is 56.3 Å². The van der Waals surface area contributed by atoms with Crippen molar-refractivity contribution in [3.05, 3.63) is 48.0 Å². The maximum atomic E-state index is 13.2. The number of carboxylic acid groups (broad SMARTS) is 2. The highest BCUT2D eigenvalue weighted by Crippen LogP contribution is 2.12. The van der Waals surface area contributed by atoms with Crippen LogP contribution in [0.4, 0.5) is 0 Å². The number of hydrogen-bond donors (Lipinski definition) is 9. The standard InChI is InChI=1S/C24H31N7O9/c25-15(5-6-19(26)33)21(36)29-17(9-20(34)35)23(38)30-16(8-13-10-27-11-28-13)22(37)31-18(24(39)40)7-12-1-3-14(32)4-2-12/h1-4,10-11,15-18,32H,5-9,25H2,(H2,26,33)(H,27,28)(H,29,36)(H,30,38)(H,31,37)(H,34,35)(H,39,40). The van der Waals surface area contributed by atoms with Gasteiger partial charge in [-0.15, -0.1) is 0 Å². The summed E-state index contributed by atoms with van der Waals surface area (Å²) in [5.74, 6) is -6.43. The molecule has 216 valence electrons. The first-order chi connectivity index (χ1) is 18.8. The van der Waals surface area contributed by atoms with Crippen molar-refractivity contribution in [1.82, 2.24) is 25.9 Å². The molecule has 0 spiro atoms. The van der Waals surface area contributed by atoms with E-state index >= 15 is 0 Å². The number of amides is 4. The predicted molar refractivity (Wildman–Crippen MR) is 136 cm³/mol. The van der Waals surface area contributed by atoms with E-state index in [9.17, 15) is 44.1 Å². The number of aromatic amines is 1. The van der Waals surface area contributed by atoms with Crippen LogP contribution in [0, 0.1) is 0 Å². The van der Waals surface area contributed by atoms with Gasteiger partial charge in [0.15, 0.2) is 0 Å². The predicted octanol–water partition coefficient (Wildman–Crippen LogP) is -2.49. The van der Waals surface area contributed by atoms with Crippen LogP contribution in [-0.4, -0.2) is 85.0 Å². The molecule has 2 rings (SSSR count). The molecule has 1 aromatic carbocycles. The number of aromatic nitrogens is 2. The smallest absolute Gasteiger partial charge is 0.326 e. The van der Waals surface area contributed by atoms with E-state index in [0.717, 1.165) is 0 Å². The number of carboxylic acids is 2. The van der Waals surface area contributed by atoms with Crippen LogP contribution in [0.3, 0.4) is 0 Å². The van der Waals surface area contributed by atoms with Gasteiger partial charge in [-0.1, -0.05) is 12.1 Å². The number of aliphatic carboxylic acids is 2. The minimum atomic E-state index is -1.66. The second-order valence-corrected chi connectivity index (χ2v) is 8.88. The molecule has 0 aliphatic rings. The van der Waals surface area contributed by atoms with E-state index in [4.69, 9.17) is 11.5 Å². The molecule has 1 aromatic heterocycles. The third-order valence-corrected chi connectivity index (χ3v) is 5.65. The lowest BCUT2D eigenvalue weighted by Gasteiger charge is -2.24. The second-order valence-electron chi connectivity index (χ2n) is 8.88. The zero-order valence-electron chi connectivity index (χ0n) is 21.2. The van der Waals surface area contributed by atoms with Gasteiger partial charge in [0.25, 0.3) is 0 Å². The van der Waals surface area contributed by atoms with Crippen LogP contribution in [0.5, 0.6) is 5.75 Å². The minimum absolute atomic E-state index is 0.0289. The average molecular weight is 562 g/mol. The first-order valence-electron chi connectivity index (χ1n) is 12.0.